The fraction of sp³-hybridized carbons (Fsp3) is 0.333. The van der Waals surface area contributed by atoms with Crippen molar-refractivity contribution < 1.29 is 9.18 Å². The van der Waals surface area contributed by atoms with Crippen LogP contribution in [0.5, 0.6) is 0 Å². The topological polar surface area (TPSA) is 61.0 Å². The molecular weight excluding hydrogens is 271 g/mol. The van der Waals surface area contributed by atoms with Crippen LogP contribution in [0.3, 0.4) is 0 Å². The van der Waals surface area contributed by atoms with Crippen LogP contribution in [-0.4, -0.2) is 46.7 Å². The number of nitrogens with one attached hydrogen (secondary N) is 2. The molecule has 1 fully saturated rings. The van der Waals surface area contributed by atoms with Crippen molar-refractivity contribution in [2.75, 3.05) is 19.6 Å². The standard InChI is InChI=1S/C15H17FN4O/c1-10-9-20(7-6-17-10)15(21)12-8-18-19-14(12)11-4-2-3-5-13(11)16/h2-5,8,10,17H,6-7,9H2,1H3,(H,18,19)/t10-/m1/s1. The maximum atomic E-state index is 13.9. The van der Waals surface area contributed by atoms with E-state index in [9.17, 15) is 9.18 Å². The van der Waals surface area contributed by atoms with Gasteiger partial charge in [-0.3, -0.25) is 9.89 Å². The van der Waals surface area contributed by atoms with Gasteiger partial charge in [-0.05, 0) is 19.1 Å². The molecule has 0 bridgehead atoms. The Morgan fingerprint density at radius 1 is 1.43 bits per heavy atom. The van der Waals surface area contributed by atoms with Crippen LogP contribution in [0, 0.1) is 5.82 Å². The molecule has 3 rings (SSSR count). The van der Waals surface area contributed by atoms with Gasteiger partial charge in [-0.25, -0.2) is 4.39 Å². The number of carbonyl (C=O) groups is 1. The summed E-state index contributed by atoms with van der Waals surface area (Å²) in [6, 6.07) is 6.62. The van der Waals surface area contributed by atoms with E-state index in [2.05, 4.69) is 15.5 Å². The van der Waals surface area contributed by atoms with Crippen molar-refractivity contribution in [3.05, 3.63) is 41.8 Å². The van der Waals surface area contributed by atoms with E-state index >= 15 is 0 Å². The number of carbonyl (C=O) groups excluding carboxylic acids is 1. The van der Waals surface area contributed by atoms with E-state index < -0.39 is 0 Å². The number of amides is 1. The van der Waals surface area contributed by atoms with Crippen molar-refractivity contribution in [3.8, 4) is 11.3 Å². The Labute approximate surface area is 122 Å². The second-order valence-corrected chi connectivity index (χ2v) is 5.24. The van der Waals surface area contributed by atoms with Gasteiger partial charge in [0.15, 0.2) is 0 Å². The summed E-state index contributed by atoms with van der Waals surface area (Å²) in [5.41, 5.74) is 1.21. The normalized spacial score (nSPS) is 18.8. The molecule has 110 valence electrons. The van der Waals surface area contributed by atoms with Crippen LogP contribution >= 0.6 is 0 Å². The van der Waals surface area contributed by atoms with Crippen molar-refractivity contribution in [1.29, 1.82) is 0 Å². The lowest BCUT2D eigenvalue weighted by Crippen LogP contribution is -2.51. The first-order chi connectivity index (χ1) is 10.2. The van der Waals surface area contributed by atoms with E-state index in [0.29, 0.717) is 29.9 Å². The lowest BCUT2D eigenvalue weighted by Gasteiger charge is -2.31. The molecule has 0 spiro atoms. The molecule has 0 saturated carbocycles. The molecule has 1 aliphatic heterocycles. The summed E-state index contributed by atoms with van der Waals surface area (Å²) in [5, 5.41) is 9.95. The van der Waals surface area contributed by atoms with Crippen molar-refractivity contribution in [3.63, 3.8) is 0 Å². The monoisotopic (exact) mass is 288 g/mol. The van der Waals surface area contributed by atoms with Crippen LogP contribution in [0.25, 0.3) is 11.3 Å². The lowest BCUT2D eigenvalue weighted by molar-refractivity contribution is 0.0710. The number of benzene rings is 1. The summed E-state index contributed by atoms with van der Waals surface area (Å²) < 4.78 is 13.9. The molecule has 5 nitrogen and oxygen atoms in total. The lowest BCUT2D eigenvalue weighted by atomic mass is 10.1. The molecule has 1 aromatic carbocycles. The van der Waals surface area contributed by atoms with Crippen LogP contribution in [0.4, 0.5) is 4.39 Å². The first-order valence-electron chi connectivity index (χ1n) is 6.97. The Morgan fingerprint density at radius 2 is 2.24 bits per heavy atom. The minimum atomic E-state index is -0.371. The number of hydrogen-bond donors (Lipinski definition) is 2. The molecule has 0 unspecified atom stereocenters. The second-order valence-electron chi connectivity index (χ2n) is 5.24. The molecule has 0 aliphatic carbocycles. The summed E-state index contributed by atoms with van der Waals surface area (Å²) in [7, 11) is 0. The molecule has 1 aliphatic rings. The van der Waals surface area contributed by atoms with E-state index in [4.69, 9.17) is 0 Å². The average Bonchev–Trinajstić information content (AvgIpc) is 2.96. The Balaban J connectivity index is 1.92. The fourth-order valence-electron chi connectivity index (χ4n) is 2.60. The number of piperazine rings is 1. The average molecular weight is 288 g/mol. The van der Waals surface area contributed by atoms with Gasteiger partial charge in [0.05, 0.1) is 17.5 Å². The van der Waals surface area contributed by atoms with Crippen LogP contribution in [0.15, 0.2) is 30.5 Å². The highest BCUT2D eigenvalue weighted by Crippen LogP contribution is 2.25. The van der Waals surface area contributed by atoms with Gasteiger partial charge >= 0.3 is 0 Å². The van der Waals surface area contributed by atoms with Crippen molar-refractivity contribution in [2.45, 2.75) is 13.0 Å². The van der Waals surface area contributed by atoms with Gasteiger partial charge in [0.1, 0.15) is 5.82 Å². The maximum absolute atomic E-state index is 13.9. The summed E-state index contributed by atoms with van der Waals surface area (Å²) in [6.45, 7) is 4.08. The minimum Gasteiger partial charge on any atom is -0.336 e. The quantitative estimate of drug-likeness (QED) is 0.883. The molecule has 6 heteroatoms. The van der Waals surface area contributed by atoms with Crippen molar-refractivity contribution in [2.24, 2.45) is 0 Å². The van der Waals surface area contributed by atoms with Crippen LogP contribution in [0.2, 0.25) is 0 Å². The summed E-state index contributed by atoms with van der Waals surface area (Å²) in [6.07, 6.45) is 1.47. The Bertz CT molecular complexity index is 655. The first-order valence-corrected chi connectivity index (χ1v) is 6.97. The molecular formula is C15H17FN4O. The van der Waals surface area contributed by atoms with E-state index in [1.165, 1.54) is 12.3 Å². The third kappa shape index (κ3) is 2.67. The first kappa shape index (κ1) is 13.8. The number of aromatic amines is 1. The van der Waals surface area contributed by atoms with Crippen molar-refractivity contribution in [1.82, 2.24) is 20.4 Å². The van der Waals surface area contributed by atoms with Gasteiger partial charge < -0.3 is 10.2 Å². The SMILES string of the molecule is C[C@@H]1CN(C(=O)c2cn[nH]c2-c2ccccc2F)CCN1. The van der Waals surface area contributed by atoms with Gasteiger partial charge in [0.2, 0.25) is 0 Å². The molecule has 1 aromatic heterocycles. The molecule has 21 heavy (non-hydrogen) atoms. The summed E-state index contributed by atoms with van der Waals surface area (Å²) in [4.78, 5) is 14.4. The highest BCUT2D eigenvalue weighted by atomic mass is 19.1. The molecule has 1 amide bonds. The molecule has 0 radical (unpaired) electrons. The second kappa shape index (κ2) is 5.65. The number of halogens is 1. The fourth-order valence-corrected chi connectivity index (χ4v) is 2.60. The van der Waals surface area contributed by atoms with E-state index in [0.717, 1.165) is 6.54 Å². The number of rotatable bonds is 2. The predicted octanol–water partition coefficient (Wildman–Crippen LogP) is 1.65. The zero-order valence-corrected chi connectivity index (χ0v) is 11.8. The molecule has 2 aromatic rings. The van der Waals surface area contributed by atoms with Crippen LogP contribution < -0.4 is 5.32 Å². The van der Waals surface area contributed by atoms with Crippen molar-refractivity contribution >= 4 is 5.91 Å². The Kier molecular flexibility index (Phi) is 3.70. The largest absolute Gasteiger partial charge is 0.336 e. The van der Waals surface area contributed by atoms with E-state index in [1.54, 1.807) is 23.1 Å². The van der Waals surface area contributed by atoms with Gasteiger partial charge in [0.25, 0.3) is 5.91 Å². The predicted molar refractivity (Wildman–Crippen MR) is 77.3 cm³/mol. The van der Waals surface area contributed by atoms with E-state index in [1.807, 2.05) is 6.92 Å². The van der Waals surface area contributed by atoms with Crippen LogP contribution in [0.1, 0.15) is 17.3 Å². The third-order valence-corrected chi connectivity index (χ3v) is 3.67. The van der Waals surface area contributed by atoms with Gasteiger partial charge in [0, 0.05) is 31.2 Å². The highest BCUT2D eigenvalue weighted by molar-refractivity contribution is 5.99. The minimum absolute atomic E-state index is 0.115. The smallest absolute Gasteiger partial charge is 0.257 e. The summed E-state index contributed by atoms with van der Waals surface area (Å²) in [5.74, 6) is -0.486. The molecule has 1 atom stereocenters. The van der Waals surface area contributed by atoms with Gasteiger partial charge in [-0.1, -0.05) is 12.1 Å². The van der Waals surface area contributed by atoms with Gasteiger partial charge in [-0.2, -0.15) is 5.10 Å². The Hall–Kier alpha value is -2.21. The highest BCUT2D eigenvalue weighted by Gasteiger charge is 2.25. The molecule has 2 N–H and O–H groups in total. The Morgan fingerprint density at radius 3 is 3.00 bits per heavy atom. The number of H-pyrrole nitrogens is 1. The maximum Gasteiger partial charge on any atom is 0.257 e. The molecule has 2 heterocycles. The third-order valence-electron chi connectivity index (χ3n) is 3.67. The zero-order chi connectivity index (χ0) is 14.8. The number of aromatic nitrogens is 2. The van der Waals surface area contributed by atoms with E-state index in [-0.39, 0.29) is 17.8 Å². The van der Waals surface area contributed by atoms with Crippen LogP contribution in [-0.2, 0) is 0 Å². The zero-order valence-electron chi connectivity index (χ0n) is 11.8. The molecule has 1 saturated heterocycles. The van der Waals surface area contributed by atoms with Gasteiger partial charge in [-0.15, -0.1) is 0 Å². The number of hydrogen-bond acceptors (Lipinski definition) is 3. The number of nitrogens with zero attached hydrogens (tertiary/aromatic N) is 2. The summed E-state index contributed by atoms with van der Waals surface area (Å²) >= 11 is 0.